The quantitative estimate of drug-likeness (QED) is 0.651. The number of benzene rings is 1. The summed E-state index contributed by atoms with van der Waals surface area (Å²) in [5.41, 5.74) is 0.174. The molecule has 0 radical (unpaired) electrons. The van der Waals surface area contributed by atoms with Crippen molar-refractivity contribution in [1.29, 1.82) is 0 Å². The van der Waals surface area contributed by atoms with Gasteiger partial charge in [-0.2, -0.15) is 0 Å². The first-order valence-electron chi connectivity index (χ1n) is 9.97. The Kier molecular flexibility index (Phi) is 5.47. The van der Waals surface area contributed by atoms with E-state index in [2.05, 4.69) is 10.3 Å². The molecule has 30 heavy (non-hydrogen) atoms. The summed E-state index contributed by atoms with van der Waals surface area (Å²) in [5.74, 6) is -0.508. The van der Waals surface area contributed by atoms with Gasteiger partial charge in [-0.15, -0.1) is 11.3 Å². The van der Waals surface area contributed by atoms with Crippen molar-refractivity contribution in [3.05, 3.63) is 59.0 Å². The number of fused-ring (bicyclic) bond motifs is 1. The second-order valence-electron chi connectivity index (χ2n) is 8.51. The average molecular weight is 424 g/mol. The third-order valence-corrected chi connectivity index (χ3v) is 6.16. The number of ether oxygens (including phenoxy) is 1. The zero-order valence-electron chi connectivity index (χ0n) is 17.3. The summed E-state index contributed by atoms with van der Waals surface area (Å²) in [6, 6.07) is 11.6. The summed E-state index contributed by atoms with van der Waals surface area (Å²) in [5, 5.41) is 6.99. The molecule has 1 N–H and O–H groups in total. The van der Waals surface area contributed by atoms with Crippen LogP contribution in [0.3, 0.4) is 0 Å². The lowest BCUT2D eigenvalue weighted by Crippen LogP contribution is -2.36. The number of nitrogens with zero attached hydrogens (tertiary/aromatic N) is 2. The van der Waals surface area contributed by atoms with Gasteiger partial charge in [-0.1, -0.05) is 18.2 Å². The van der Waals surface area contributed by atoms with Crippen molar-refractivity contribution in [1.82, 2.24) is 9.88 Å². The molecule has 2 atom stereocenters. The molecule has 3 aromatic rings. The van der Waals surface area contributed by atoms with Gasteiger partial charge in [0.15, 0.2) is 0 Å². The first-order valence-corrected chi connectivity index (χ1v) is 10.8. The molecule has 2 aromatic heterocycles. The predicted molar refractivity (Wildman–Crippen MR) is 119 cm³/mol. The van der Waals surface area contributed by atoms with Crippen molar-refractivity contribution in [2.75, 3.05) is 18.4 Å². The van der Waals surface area contributed by atoms with E-state index < -0.39 is 5.60 Å². The van der Waals surface area contributed by atoms with Gasteiger partial charge in [0.25, 0.3) is 0 Å². The van der Waals surface area contributed by atoms with Crippen LogP contribution in [0.4, 0.5) is 10.5 Å². The Morgan fingerprint density at radius 1 is 1.17 bits per heavy atom. The summed E-state index contributed by atoms with van der Waals surface area (Å²) in [6.07, 6.45) is 3.11. The number of carbonyl (C=O) groups is 2. The Hall–Kier alpha value is -2.93. The van der Waals surface area contributed by atoms with Gasteiger partial charge in [-0.05, 0) is 44.4 Å². The lowest BCUT2D eigenvalue weighted by atomic mass is 9.93. The number of pyridine rings is 1. The largest absolute Gasteiger partial charge is 0.444 e. The van der Waals surface area contributed by atoms with Crippen molar-refractivity contribution >= 4 is 39.8 Å². The number of carbonyl (C=O) groups excluding carboxylic acids is 2. The Bertz CT molecular complexity index is 1050. The summed E-state index contributed by atoms with van der Waals surface area (Å²) in [6.45, 7) is 6.33. The summed E-state index contributed by atoms with van der Waals surface area (Å²) in [7, 11) is 0. The molecule has 4 rings (SSSR count). The van der Waals surface area contributed by atoms with Gasteiger partial charge in [-0.25, -0.2) is 4.79 Å². The van der Waals surface area contributed by atoms with E-state index in [0.29, 0.717) is 13.1 Å². The van der Waals surface area contributed by atoms with Crippen LogP contribution in [0.5, 0.6) is 0 Å². The summed E-state index contributed by atoms with van der Waals surface area (Å²) in [4.78, 5) is 32.9. The van der Waals surface area contributed by atoms with Crippen LogP contribution in [0.25, 0.3) is 10.8 Å². The smallest absolute Gasteiger partial charge is 0.410 e. The van der Waals surface area contributed by atoms with Crippen LogP contribution in [0.1, 0.15) is 31.6 Å². The van der Waals surface area contributed by atoms with E-state index >= 15 is 0 Å². The fourth-order valence-electron chi connectivity index (χ4n) is 3.79. The van der Waals surface area contributed by atoms with E-state index in [4.69, 9.17) is 4.74 Å². The van der Waals surface area contributed by atoms with Crippen LogP contribution in [-0.2, 0) is 9.53 Å². The topological polar surface area (TPSA) is 71.5 Å². The summed E-state index contributed by atoms with van der Waals surface area (Å²) < 4.78 is 5.54. The first kappa shape index (κ1) is 20.3. The first-order chi connectivity index (χ1) is 14.3. The van der Waals surface area contributed by atoms with Crippen LogP contribution < -0.4 is 5.32 Å². The highest BCUT2D eigenvalue weighted by Gasteiger charge is 2.42. The van der Waals surface area contributed by atoms with Gasteiger partial charge < -0.3 is 15.0 Å². The molecule has 156 valence electrons. The number of anilines is 1. The highest BCUT2D eigenvalue weighted by atomic mass is 32.1. The lowest BCUT2D eigenvalue weighted by molar-refractivity contribution is -0.119. The second-order valence-corrected chi connectivity index (χ2v) is 9.48. The fourth-order valence-corrected chi connectivity index (χ4v) is 4.68. The molecule has 6 nitrogen and oxygen atoms in total. The monoisotopic (exact) mass is 423 g/mol. The molecule has 1 saturated heterocycles. The van der Waals surface area contributed by atoms with Crippen molar-refractivity contribution in [3.8, 4) is 0 Å². The van der Waals surface area contributed by atoms with E-state index in [1.807, 2.05) is 62.5 Å². The van der Waals surface area contributed by atoms with Gasteiger partial charge in [0.2, 0.25) is 5.91 Å². The molecule has 7 heteroatoms. The number of hydrogen-bond acceptors (Lipinski definition) is 5. The van der Waals surface area contributed by atoms with Crippen molar-refractivity contribution < 1.29 is 14.3 Å². The maximum absolute atomic E-state index is 13.3. The summed E-state index contributed by atoms with van der Waals surface area (Å²) >= 11 is 1.61. The molecule has 0 saturated carbocycles. The fraction of sp³-hybridized carbons (Fsp3) is 0.348. The van der Waals surface area contributed by atoms with E-state index in [0.717, 1.165) is 21.3 Å². The molecule has 1 fully saturated rings. The molecule has 0 unspecified atom stereocenters. The van der Waals surface area contributed by atoms with E-state index in [1.54, 1.807) is 28.6 Å². The highest BCUT2D eigenvalue weighted by Crippen LogP contribution is 2.37. The third kappa shape index (κ3) is 4.31. The number of rotatable bonds is 3. The molecule has 0 aliphatic carbocycles. The Morgan fingerprint density at radius 2 is 2.00 bits per heavy atom. The van der Waals surface area contributed by atoms with Crippen molar-refractivity contribution in [3.63, 3.8) is 0 Å². The number of amides is 2. The standard InChI is InChI=1S/C23H25N3O3S/c1-23(2,3)29-22(28)26-13-17(20-8-5-11-30-20)18(14-26)21(27)25-19-7-4-6-15-12-24-10-9-16(15)19/h4-12,17-18H,13-14H2,1-3H3,(H,25,27)/t17-,18-/m1/s1. The molecule has 0 spiro atoms. The van der Waals surface area contributed by atoms with Crippen LogP contribution in [0.15, 0.2) is 54.2 Å². The Labute approximate surface area is 179 Å². The van der Waals surface area contributed by atoms with Crippen molar-refractivity contribution in [2.45, 2.75) is 32.3 Å². The zero-order chi connectivity index (χ0) is 21.3. The SMILES string of the molecule is CC(C)(C)OC(=O)N1C[C@@H](C(=O)Nc2cccc3cnccc23)[C@H](c2cccs2)C1. The zero-order valence-corrected chi connectivity index (χ0v) is 18.1. The van der Waals surface area contributed by atoms with Gasteiger partial charge in [0.1, 0.15) is 5.60 Å². The van der Waals surface area contributed by atoms with Crippen LogP contribution in [0.2, 0.25) is 0 Å². The number of nitrogens with one attached hydrogen (secondary N) is 1. The maximum atomic E-state index is 13.3. The normalized spacial score (nSPS) is 19.1. The number of likely N-dealkylation sites (tertiary alicyclic amines) is 1. The van der Waals surface area contributed by atoms with Crippen LogP contribution >= 0.6 is 11.3 Å². The Morgan fingerprint density at radius 3 is 2.73 bits per heavy atom. The minimum atomic E-state index is -0.577. The van der Waals surface area contributed by atoms with Gasteiger partial charge in [0, 0.05) is 52.7 Å². The van der Waals surface area contributed by atoms with Crippen LogP contribution in [-0.4, -0.2) is 40.6 Å². The van der Waals surface area contributed by atoms with Gasteiger partial charge in [-0.3, -0.25) is 9.78 Å². The van der Waals surface area contributed by atoms with Crippen molar-refractivity contribution in [2.24, 2.45) is 5.92 Å². The Balaban J connectivity index is 1.58. The van der Waals surface area contributed by atoms with Crippen LogP contribution in [0, 0.1) is 5.92 Å². The molecule has 1 aliphatic rings. The minimum Gasteiger partial charge on any atom is -0.444 e. The van der Waals surface area contributed by atoms with E-state index in [9.17, 15) is 9.59 Å². The molecule has 0 bridgehead atoms. The average Bonchev–Trinajstić information content (AvgIpc) is 3.36. The van der Waals surface area contributed by atoms with E-state index in [-0.39, 0.29) is 23.8 Å². The molecule has 1 aromatic carbocycles. The number of hydrogen-bond donors (Lipinski definition) is 1. The highest BCUT2D eigenvalue weighted by molar-refractivity contribution is 7.10. The minimum absolute atomic E-state index is 0.0610. The number of thiophene rings is 1. The second kappa shape index (κ2) is 8.07. The van der Waals surface area contributed by atoms with E-state index in [1.165, 1.54) is 0 Å². The number of aromatic nitrogens is 1. The molecular formula is C23H25N3O3S. The molecule has 1 aliphatic heterocycles. The molecular weight excluding hydrogens is 398 g/mol. The third-order valence-electron chi connectivity index (χ3n) is 5.16. The predicted octanol–water partition coefficient (Wildman–Crippen LogP) is 4.89. The maximum Gasteiger partial charge on any atom is 0.410 e. The molecule has 2 amide bonds. The van der Waals surface area contributed by atoms with Gasteiger partial charge in [0.05, 0.1) is 5.92 Å². The lowest BCUT2D eigenvalue weighted by Gasteiger charge is -2.24. The molecule has 3 heterocycles. The van der Waals surface area contributed by atoms with Gasteiger partial charge >= 0.3 is 6.09 Å².